The number of nitrogens with zero attached hydrogens (tertiary/aromatic N) is 1. The largest absolute Gasteiger partial charge is 0.431 e. The highest BCUT2D eigenvalue weighted by Gasteiger charge is 2.37. The molecule has 1 aliphatic heterocycles. The van der Waals surface area contributed by atoms with Crippen LogP contribution in [-0.4, -0.2) is 15.2 Å². The molecular formula is C8H9ClNO3PS. The third-order valence-corrected chi connectivity index (χ3v) is 4.74. The van der Waals surface area contributed by atoms with E-state index in [4.69, 9.17) is 11.6 Å². The van der Waals surface area contributed by atoms with E-state index < -0.39 is 7.75 Å². The van der Waals surface area contributed by atoms with Crippen molar-refractivity contribution in [2.45, 2.75) is 17.2 Å². The van der Waals surface area contributed by atoms with Crippen molar-refractivity contribution >= 4 is 36.8 Å². The number of thioether (sulfide) groups is 1. The second kappa shape index (κ2) is 3.68. The van der Waals surface area contributed by atoms with Crippen LogP contribution in [0.3, 0.4) is 0 Å². The molecule has 7 heteroatoms. The van der Waals surface area contributed by atoms with Gasteiger partial charge in [0.25, 0.3) is 0 Å². The van der Waals surface area contributed by atoms with Crippen LogP contribution in [-0.2, 0) is 4.57 Å². The molecule has 1 atom stereocenters. The quantitative estimate of drug-likeness (QED) is 0.765. The summed E-state index contributed by atoms with van der Waals surface area (Å²) in [5.41, 5.74) is 0.547. The molecule has 1 aromatic rings. The van der Waals surface area contributed by atoms with Crippen LogP contribution < -0.4 is 4.67 Å². The van der Waals surface area contributed by atoms with Crippen LogP contribution in [0.25, 0.3) is 0 Å². The third kappa shape index (κ3) is 2.03. The van der Waals surface area contributed by atoms with Gasteiger partial charge < -0.3 is 9.79 Å². The molecule has 15 heavy (non-hydrogen) atoms. The summed E-state index contributed by atoms with van der Waals surface area (Å²) in [5, 5.41) is 0.292. The first-order chi connectivity index (χ1) is 6.89. The molecule has 2 N–H and O–H groups in total. The number of rotatable bonds is 1. The molecular weight excluding hydrogens is 257 g/mol. The maximum Gasteiger partial charge on any atom is 0.431 e. The van der Waals surface area contributed by atoms with Gasteiger partial charge in [0.15, 0.2) is 0 Å². The summed E-state index contributed by atoms with van der Waals surface area (Å²) in [6.07, 6.45) is 0. The molecule has 1 heterocycles. The molecule has 0 aromatic heterocycles. The SMILES string of the molecule is CC1Sc2cc(Cl)ccc2N1P(=O)(O)O. The van der Waals surface area contributed by atoms with Gasteiger partial charge in [-0.3, -0.25) is 4.67 Å². The summed E-state index contributed by atoms with van der Waals surface area (Å²) < 4.78 is 12.4. The average molecular weight is 266 g/mol. The van der Waals surface area contributed by atoms with Crippen LogP contribution in [0.2, 0.25) is 5.02 Å². The molecule has 0 saturated carbocycles. The molecule has 0 radical (unpaired) electrons. The van der Waals surface area contributed by atoms with Crippen molar-refractivity contribution in [3.8, 4) is 0 Å². The molecule has 4 nitrogen and oxygen atoms in total. The minimum atomic E-state index is -4.25. The molecule has 82 valence electrons. The van der Waals surface area contributed by atoms with E-state index in [1.54, 1.807) is 25.1 Å². The first kappa shape index (κ1) is 11.3. The molecule has 0 bridgehead atoms. The second-order valence-electron chi connectivity index (χ2n) is 3.19. The highest BCUT2D eigenvalue weighted by molar-refractivity contribution is 8.01. The summed E-state index contributed by atoms with van der Waals surface area (Å²) in [6.45, 7) is 1.75. The molecule has 2 rings (SSSR count). The Morgan fingerprint density at radius 2 is 2.20 bits per heavy atom. The number of benzene rings is 1. The van der Waals surface area contributed by atoms with Crippen LogP contribution in [0.5, 0.6) is 0 Å². The van der Waals surface area contributed by atoms with Gasteiger partial charge in [-0.1, -0.05) is 23.4 Å². The van der Waals surface area contributed by atoms with Crippen molar-refractivity contribution in [3.05, 3.63) is 23.2 Å². The fourth-order valence-electron chi connectivity index (χ4n) is 1.55. The standard InChI is InChI=1S/C8H9ClNO3PS/c1-5-10(14(11,12)13)7-3-2-6(9)4-8(7)15-5/h2-5H,1H3,(H2,11,12,13). The smallest absolute Gasteiger partial charge is 0.308 e. The number of hydrogen-bond donors (Lipinski definition) is 2. The monoisotopic (exact) mass is 265 g/mol. The van der Waals surface area contributed by atoms with Crippen molar-refractivity contribution < 1.29 is 14.4 Å². The fourth-order valence-corrected chi connectivity index (χ4v) is 4.31. The van der Waals surface area contributed by atoms with Crippen molar-refractivity contribution in [2.24, 2.45) is 0 Å². The zero-order valence-electron chi connectivity index (χ0n) is 7.79. The van der Waals surface area contributed by atoms with Crippen LogP contribution in [0, 0.1) is 0 Å². The normalized spacial score (nSPS) is 20.5. The predicted octanol–water partition coefficient (Wildman–Crippen LogP) is 2.69. The Morgan fingerprint density at radius 3 is 2.80 bits per heavy atom. The molecule has 0 amide bonds. The molecule has 0 fully saturated rings. The third-order valence-electron chi connectivity index (χ3n) is 2.09. The van der Waals surface area contributed by atoms with Gasteiger partial charge in [0.2, 0.25) is 0 Å². The van der Waals surface area contributed by atoms with Gasteiger partial charge in [-0.2, -0.15) is 0 Å². The van der Waals surface area contributed by atoms with Crippen molar-refractivity contribution in [1.29, 1.82) is 0 Å². The van der Waals surface area contributed by atoms with Crippen LogP contribution >= 0.6 is 31.1 Å². The summed E-state index contributed by atoms with van der Waals surface area (Å²) in [7, 11) is -4.25. The van der Waals surface area contributed by atoms with Gasteiger partial charge in [0.05, 0.1) is 11.1 Å². The second-order valence-corrected chi connectivity index (χ2v) is 6.44. The number of fused-ring (bicyclic) bond motifs is 1. The van der Waals surface area contributed by atoms with Crippen LogP contribution in [0.1, 0.15) is 6.92 Å². The van der Waals surface area contributed by atoms with Crippen molar-refractivity contribution in [1.82, 2.24) is 0 Å². The van der Waals surface area contributed by atoms with Gasteiger partial charge >= 0.3 is 7.75 Å². The van der Waals surface area contributed by atoms with Crippen LogP contribution in [0.15, 0.2) is 23.1 Å². The average Bonchev–Trinajstić information content (AvgIpc) is 2.38. The fraction of sp³-hybridized carbons (Fsp3) is 0.250. The Morgan fingerprint density at radius 1 is 1.53 bits per heavy atom. The highest BCUT2D eigenvalue weighted by Crippen LogP contribution is 2.56. The van der Waals surface area contributed by atoms with E-state index in [2.05, 4.69) is 0 Å². The van der Waals surface area contributed by atoms with E-state index in [1.165, 1.54) is 11.8 Å². The Labute approximate surface area is 96.4 Å². The number of halogens is 1. The first-order valence-electron chi connectivity index (χ1n) is 4.21. The van der Waals surface area contributed by atoms with Gasteiger partial charge in [-0.25, -0.2) is 4.57 Å². The summed E-state index contributed by atoms with van der Waals surface area (Å²) in [5.74, 6) is 0. The Kier molecular flexibility index (Phi) is 2.77. The number of hydrogen-bond acceptors (Lipinski definition) is 2. The maximum absolute atomic E-state index is 11.3. The Bertz CT molecular complexity index is 450. The van der Waals surface area contributed by atoms with Crippen LogP contribution in [0.4, 0.5) is 5.69 Å². The summed E-state index contributed by atoms with van der Waals surface area (Å²) >= 11 is 7.20. The highest BCUT2D eigenvalue weighted by atomic mass is 35.5. The summed E-state index contributed by atoms with van der Waals surface area (Å²) in [6, 6.07) is 4.97. The van der Waals surface area contributed by atoms with E-state index in [1.807, 2.05) is 0 Å². The molecule has 1 aromatic carbocycles. The topological polar surface area (TPSA) is 60.8 Å². The van der Waals surface area contributed by atoms with Crippen molar-refractivity contribution in [3.63, 3.8) is 0 Å². The Hall–Kier alpha value is -0.190. The minimum Gasteiger partial charge on any atom is -0.308 e. The van der Waals surface area contributed by atoms with Gasteiger partial charge in [-0.05, 0) is 25.1 Å². The lowest BCUT2D eigenvalue weighted by Crippen LogP contribution is -2.22. The lowest BCUT2D eigenvalue weighted by Gasteiger charge is -2.23. The zero-order valence-corrected chi connectivity index (χ0v) is 10.3. The van der Waals surface area contributed by atoms with E-state index in [9.17, 15) is 14.4 Å². The Balaban J connectivity index is 2.51. The van der Waals surface area contributed by atoms with E-state index in [0.717, 1.165) is 9.57 Å². The molecule has 1 aliphatic rings. The van der Waals surface area contributed by atoms with E-state index in [0.29, 0.717) is 10.7 Å². The molecule has 1 unspecified atom stereocenters. The minimum absolute atomic E-state index is 0.278. The van der Waals surface area contributed by atoms with Crippen molar-refractivity contribution in [2.75, 3.05) is 4.67 Å². The van der Waals surface area contributed by atoms with Gasteiger partial charge in [0, 0.05) is 9.92 Å². The molecule has 0 saturated heterocycles. The lowest BCUT2D eigenvalue weighted by molar-refractivity contribution is 0.368. The maximum atomic E-state index is 11.3. The molecule has 0 aliphatic carbocycles. The van der Waals surface area contributed by atoms with Gasteiger partial charge in [-0.15, -0.1) is 0 Å². The lowest BCUT2D eigenvalue weighted by atomic mass is 10.3. The number of anilines is 1. The summed E-state index contributed by atoms with van der Waals surface area (Å²) in [4.78, 5) is 19.2. The van der Waals surface area contributed by atoms with E-state index in [-0.39, 0.29) is 5.37 Å². The zero-order chi connectivity index (χ0) is 11.2. The predicted molar refractivity (Wildman–Crippen MR) is 61.3 cm³/mol. The first-order valence-corrected chi connectivity index (χ1v) is 7.03. The van der Waals surface area contributed by atoms with Gasteiger partial charge in [0.1, 0.15) is 0 Å². The van der Waals surface area contributed by atoms with E-state index >= 15 is 0 Å². The molecule has 0 spiro atoms.